The van der Waals surface area contributed by atoms with Crippen LogP contribution in [0.15, 0.2) is 24.3 Å². The van der Waals surface area contributed by atoms with Gasteiger partial charge >= 0.3 is 0 Å². The van der Waals surface area contributed by atoms with Crippen LogP contribution in [0.25, 0.3) is 0 Å². The van der Waals surface area contributed by atoms with Gasteiger partial charge in [0.1, 0.15) is 0 Å². The Kier molecular flexibility index (Phi) is 5.27. The molecule has 0 radical (unpaired) electrons. The summed E-state index contributed by atoms with van der Waals surface area (Å²) in [5, 5.41) is 24.2. The second-order valence-corrected chi connectivity index (χ2v) is 4.57. The number of para-hydroxylation sites is 1. The van der Waals surface area contributed by atoms with Crippen LogP contribution >= 0.6 is 0 Å². The molecule has 100 valence electrons. The number of rotatable bonds is 6. The fraction of sp³-hybridized carbons (Fsp3) is 0.462. The van der Waals surface area contributed by atoms with Gasteiger partial charge in [-0.15, -0.1) is 0 Å². The van der Waals surface area contributed by atoms with E-state index in [0.717, 1.165) is 11.3 Å². The van der Waals surface area contributed by atoms with Gasteiger partial charge in [-0.25, -0.2) is 0 Å². The Morgan fingerprint density at radius 2 is 1.89 bits per heavy atom. The van der Waals surface area contributed by atoms with E-state index in [4.69, 9.17) is 0 Å². The Labute approximate surface area is 107 Å². The van der Waals surface area contributed by atoms with Crippen molar-refractivity contribution >= 4 is 11.6 Å². The first kappa shape index (κ1) is 14.6. The van der Waals surface area contributed by atoms with E-state index in [2.05, 4.69) is 10.6 Å². The summed E-state index contributed by atoms with van der Waals surface area (Å²) in [5.41, 5.74) is 0.903. The maximum atomic E-state index is 11.1. The highest BCUT2D eigenvalue weighted by atomic mass is 16.3. The maximum Gasteiger partial charge on any atom is 0.221 e. The Morgan fingerprint density at radius 1 is 1.28 bits per heavy atom. The summed E-state index contributed by atoms with van der Waals surface area (Å²) in [5.74, 6) is -0.130. The van der Waals surface area contributed by atoms with Crippen LogP contribution < -0.4 is 10.6 Å². The monoisotopic (exact) mass is 252 g/mol. The van der Waals surface area contributed by atoms with Gasteiger partial charge in [-0.3, -0.25) is 4.79 Å². The van der Waals surface area contributed by atoms with Crippen molar-refractivity contribution in [3.63, 3.8) is 0 Å². The van der Waals surface area contributed by atoms with E-state index in [9.17, 15) is 15.0 Å². The van der Waals surface area contributed by atoms with E-state index in [-0.39, 0.29) is 19.1 Å². The van der Waals surface area contributed by atoms with Crippen LogP contribution in [-0.4, -0.2) is 34.9 Å². The van der Waals surface area contributed by atoms with E-state index in [1.54, 1.807) is 6.92 Å². The first-order valence-corrected chi connectivity index (χ1v) is 5.83. The molecule has 1 rings (SSSR count). The highest BCUT2D eigenvalue weighted by Crippen LogP contribution is 2.16. The van der Waals surface area contributed by atoms with Gasteiger partial charge in [0.05, 0.1) is 18.8 Å². The lowest BCUT2D eigenvalue weighted by atomic mass is 10.0. The van der Waals surface area contributed by atoms with Crippen LogP contribution in [0.5, 0.6) is 0 Å². The van der Waals surface area contributed by atoms with Crippen molar-refractivity contribution in [2.75, 3.05) is 18.5 Å². The van der Waals surface area contributed by atoms with Crippen LogP contribution in [0.3, 0.4) is 0 Å². The highest BCUT2D eigenvalue weighted by Gasteiger charge is 2.21. The number of nitrogens with one attached hydrogen (secondary N) is 2. The average molecular weight is 252 g/mol. The largest absolute Gasteiger partial charge is 0.394 e. The molecule has 0 saturated carbocycles. The summed E-state index contributed by atoms with van der Waals surface area (Å²) in [7, 11) is 0. The van der Waals surface area contributed by atoms with Crippen LogP contribution in [0, 0.1) is 0 Å². The quantitative estimate of drug-likeness (QED) is 0.593. The molecule has 0 unspecified atom stereocenters. The molecule has 0 heterocycles. The molecular weight excluding hydrogens is 232 g/mol. The van der Waals surface area contributed by atoms with Crippen molar-refractivity contribution in [1.82, 2.24) is 5.32 Å². The second kappa shape index (κ2) is 6.49. The summed E-state index contributed by atoms with van der Waals surface area (Å²) in [6.45, 7) is 3.31. The predicted molar refractivity (Wildman–Crippen MR) is 70.2 cm³/mol. The standard InChI is InChI=1S/C13H20N2O3/c1-10(18)15-12-6-4-3-5-11(12)7-14-13(2,8-16)9-17/h3-6,14,16-17H,7-9H2,1-2H3,(H,15,18). The third-order valence-electron chi connectivity index (χ3n) is 2.73. The zero-order chi connectivity index (χ0) is 13.6. The zero-order valence-electron chi connectivity index (χ0n) is 10.7. The molecular formula is C13H20N2O3. The SMILES string of the molecule is CC(=O)Nc1ccccc1CNC(C)(CO)CO. The number of amides is 1. The van der Waals surface area contributed by atoms with Crippen molar-refractivity contribution in [1.29, 1.82) is 0 Å². The lowest BCUT2D eigenvalue weighted by molar-refractivity contribution is -0.114. The molecule has 0 bridgehead atoms. The summed E-state index contributed by atoms with van der Waals surface area (Å²) in [6.07, 6.45) is 0. The summed E-state index contributed by atoms with van der Waals surface area (Å²) in [6, 6.07) is 7.41. The lowest BCUT2D eigenvalue weighted by Gasteiger charge is -2.26. The van der Waals surface area contributed by atoms with E-state index in [1.165, 1.54) is 6.92 Å². The van der Waals surface area contributed by atoms with Crippen molar-refractivity contribution in [2.45, 2.75) is 25.9 Å². The van der Waals surface area contributed by atoms with Crippen molar-refractivity contribution < 1.29 is 15.0 Å². The van der Waals surface area contributed by atoms with Gasteiger partial charge in [0.15, 0.2) is 0 Å². The number of hydrogen-bond acceptors (Lipinski definition) is 4. The van der Waals surface area contributed by atoms with Crippen LogP contribution in [0.2, 0.25) is 0 Å². The van der Waals surface area contributed by atoms with Crippen LogP contribution in [0.1, 0.15) is 19.4 Å². The smallest absolute Gasteiger partial charge is 0.221 e. The topological polar surface area (TPSA) is 81.6 Å². The molecule has 18 heavy (non-hydrogen) atoms. The van der Waals surface area contributed by atoms with Crippen LogP contribution in [-0.2, 0) is 11.3 Å². The number of carbonyl (C=O) groups excluding carboxylic acids is 1. The molecule has 0 spiro atoms. The number of aliphatic hydroxyl groups excluding tert-OH is 2. The molecule has 4 N–H and O–H groups in total. The van der Waals surface area contributed by atoms with Gasteiger partial charge in [0.25, 0.3) is 0 Å². The third-order valence-corrected chi connectivity index (χ3v) is 2.73. The minimum absolute atomic E-state index is 0.130. The fourth-order valence-electron chi connectivity index (χ4n) is 1.46. The van der Waals surface area contributed by atoms with E-state index < -0.39 is 5.54 Å². The second-order valence-electron chi connectivity index (χ2n) is 4.57. The third kappa shape index (κ3) is 4.10. The van der Waals surface area contributed by atoms with Crippen LogP contribution in [0.4, 0.5) is 5.69 Å². The molecule has 0 atom stereocenters. The molecule has 5 nitrogen and oxygen atoms in total. The number of hydrogen-bond donors (Lipinski definition) is 4. The van der Waals surface area contributed by atoms with E-state index in [1.807, 2.05) is 24.3 Å². The molecule has 1 amide bonds. The first-order chi connectivity index (χ1) is 8.50. The van der Waals surface area contributed by atoms with Gasteiger partial charge in [0.2, 0.25) is 5.91 Å². The molecule has 0 aliphatic heterocycles. The number of anilines is 1. The molecule has 0 aliphatic rings. The van der Waals surface area contributed by atoms with Gasteiger partial charge in [0, 0.05) is 19.2 Å². The maximum absolute atomic E-state index is 11.1. The summed E-state index contributed by atoms with van der Waals surface area (Å²) < 4.78 is 0. The highest BCUT2D eigenvalue weighted by molar-refractivity contribution is 5.89. The number of carbonyl (C=O) groups is 1. The Hall–Kier alpha value is -1.43. The molecule has 0 aliphatic carbocycles. The Bertz CT molecular complexity index is 403. The molecule has 1 aromatic rings. The predicted octanol–water partition coefficient (Wildman–Crippen LogP) is 0.478. The summed E-state index contributed by atoms with van der Waals surface area (Å²) >= 11 is 0. The van der Waals surface area contributed by atoms with Gasteiger partial charge < -0.3 is 20.8 Å². The molecule has 5 heteroatoms. The van der Waals surface area contributed by atoms with Crippen molar-refractivity contribution in [3.05, 3.63) is 29.8 Å². The van der Waals surface area contributed by atoms with E-state index in [0.29, 0.717) is 6.54 Å². The molecule has 0 saturated heterocycles. The minimum Gasteiger partial charge on any atom is -0.394 e. The molecule has 0 aromatic heterocycles. The zero-order valence-corrected chi connectivity index (χ0v) is 10.7. The fourth-order valence-corrected chi connectivity index (χ4v) is 1.46. The first-order valence-electron chi connectivity index (χ1n) is 5.83. The normalized spacial score (nSPS) is 11.3. The van der Waals surface area contributed by atoms with Crippen molar-refractivity contribution in [2.24, 2.45) is 0 Å². The number of aliphatic hydroxyl groups is 2. The van der Waals surface area contributed by atoms with Gasteiger partial charge in [-0.05, 0) is 18.6 Å². The minimum atomic E-state index is -0.733. The average Bonchev–Trinajstić information content (AvgIpc) is 2.37. The molecule has 1 aromatic carbocycles. The van der Waals surface area contributed by atoms with Gasteiger partial charge in [-0.1, -0.05) is 18.2 Å². The lowest BCUT2D eigenvalue weighted by Crippen LogP contribution is -2.48. The Balaban J connectivity index is 2.75. The number of benzene rings is 1. The molecule has 0 fully saturated rings. The summed E-state index contributed by atoms with van der Waals surface area (Å²) in [4.78, 5) is 11.1. The van der Waals surface area contributed by atoms with E-state index >= 15 is 0 Å². The van der Waals surface area contributed by atoms with Gasteiger partial charge in [-0.2, -0.15) is 0 Å². The Morgan fingerprint density at radius 3 is 2.44 bits per heavy atom. The van der Waals surface area contributed by atoms with Crippen molar-refractivity contribution in [3.8, 4) is 0 Å².